The molecule has 1 N–H and O–H groups in total. The molecule has 0 atom stereocenters. The molecule has 116 valence electrons. The zero-order valence-corrected chi connectivity index (χ0v) is 13.0. The van der Waals surface area contributed by atoms with Crippen molar-refractivity contribution >= 4 is 17.0 Å². The molecule has 0 unspecified atom stereocenters. The van der Waals surface area contributed by atoms with E-state index in [-0.39, 0.29) is 11.2 Å². The van der Waals surface area contributed by atoms with Crippen LogP contribution in [-0.2, 0) is 12.5 Å². The number of anilines is 1. The van der Waals surface area contributed by atoms with E-state index in [1.807, 2.05) is 31.5 Å². The van der Waals surface area contributed by atoms with Gasteiger partial charge in [0.1, 0.15) is 5.52 Å². The Hall–Kier alpha value is -2.44. The van der Waals surface area contributed by atoms with Crippen LogP contribution in [0.4, 0.5) is 10.3 Å². The maximum absolute atomic E-state index is 13.8. The fourth-order valence-electron chi connectivity index (χ4n) is 2.29. The number of fused-ring (bicyclic) bond motifs is 1. The van der Waals surface area contributed by atoms with Crippen molar-refractivity contribution in [2.45, 2.75) is 26.2 Å². The number of aryl methyl sites for hydroxylation is 2. The van der Waals surface area contributed by atoms with E-state index in [0.29, 0.717) is 29.7 Å². The third kappa shape index (κ3) is 2.43. The molecule has 22 heavy (non-hydrogen) atoms. The lowest BCUT2D eigenvalue weighted by atomic mass is 9.93. The number of halogens is 1. The molecule has 0 saturated carbocycles. The summed E-state index contributed by atoms with van der Waals surface area (Å²) < 4.78 is 20.8. The van der Waals surface area contributed by atoms with Crippen molar-refractivity contribution in [3.63, 3.8) is 0 Å². The van der Waals surface area contributed by atoms with Crippen LogP contribution in [0.2, 0.25) is 0 Å². The average Bonchev–Trinajstić information content (AvgIpc) is 3.03. The molecule has 0 radical (unpaired) electrons. The molecule has 0 aliphatic rings. The first-order chi connectivity index (χ1) is 10.4. The fraction of sp³-hybridized carbons (Fsp3) is 0.400. The van der Waals surface area contributed by atoms with Gasteiger partial charge in [-0.2, -0.15) is 4.98 Å². The maximum atomic E-state index is 13.8. The lowest BCUT2D eigenvalue weighted by molar-refractivity contribution is 0.313. The second kappa shape index (κ2) is 5.08. The molecule has 7 heteroatoms. The van der Waals surface area contributed by atoms with Crippen molar-refractivity contribution in [3.05, 3.63) is 35.7 Å². The highest BCUT2D eigenvalue weighted by Crippen LogP contribution is 2.24. The van der Waals surface area contributed by atoms with Gasteiger partial charge in [-0.15, -0.1) is 0 Å². The van der Waals surface area contributed by atoms with E-state index in [1.54, 1.807) is 13.0 Å². The molecule has 2 heterocycles. The number of nitrogens with one attached hydrogen (secondary N) is 1. The van der Waals surface area contributed by atoms with Gasteiger partial charge in [0.25, 0.3) is 0 Å². The topological polar surface area (TPSA) is 68.8 Å². The number of imidazole rings is 1. The molecule has 0 bridgehead atoms. The van der Waals surface area contributed by atoms with E-state index in [9.17, 15) is 4.39 Å². The molecule has 0 fully saturated rings. The number of para-hydroxylation sites is 1. The highest BCUT2D eigenvalue weighted by Gasteiger charge is 2.27. The zero-order chi connectivity index (χ0) is 15.9. The molecule has 0 spiro atoms. The lowest BCUT2D eigenvalue weighted by Crippen LogP contribution is -2.29. The molecule has 0 aliphatic carbocycles. The van der Waals surface area contributed by atoms with E-state index in [1.165, 1.54) is 6.07 Å². The third-order valence-electron chi connectivity index (χ3n) is 3.66. The summed E-state index contributed by atoms with van der Waals surface area (Å²) in [5.74, 6) is 1.44. The Balaban J connectivity index is 1.85. The first-order valence-electron chi connectivity index (χ1n) is 7.04. The van der Waals surface area contributed by atoms with Crippen molar-refractivity contribution in [3.8, 4) is 0 Å². The summed E-state index contributed by atoms with van der Waals surface area (Å²) in [6, 6.07) is 4.92. The minimum atomic E-state index is -0.363. The van der Waals surface area contributed by atoms with Crippen LogP contribution in [0.1, 0.15) is 25.6 Å². The molecule has 3 rings (SSSR count). The monoisotopic (exact) mass is 303 g/mol. The predicted molar refractivity (Wildman–Crippen MR) is 81.2 cm³/mol. The number of hydrogen-bond donors (Lipinski definition) is 1. The van der Waals surface area contributed by atoms with Gasteiger partial charge in [-0.3, -0.25) is 0 Å². The minimum Gasteiger partial charge on any atom is -0.355 e. The SMILES string of the molecule is Cc1noc(C(C)(C)CNc2nc3c(F)cccc3n2C)n1. The van der Waals surface area contributed by atoms with E-state index >= 15 is 0 Å². The lowest BCUT2D eigenvalue weighted by Gasteiger charge is -2.20. The van der Waals surface area contributed by atoms with Gasteiger partial charge >= 0.3 is 0 Å². The Morgan fingerprint density at radius 1 is 1.32 bits per heavy atom. The standard InChI is InChI=1S/C15H18FN5O/c1-9-18-13(22-20-9)15(2,3)8-17-14-19-12-10(16)6-5-7-11(12)21(14)4/h5-7H,8H2,1-4H3,(H,17,19). The summed E-state index contributed by atoms with van der Waals surface area (Å²) in [4.78, 5) is 8.59. The van der Waals surface area contributed by atoms with E-state index in [4.69, 9.17) is 4.52 Å². The van der Waals surface area contributed by atoms with E-state index in [0.717, 1.165) is 5.52 Å². The molecule has 0 saturated heterocycles. The van der Waals surface area contributed by atoms with Crippen LogP contribution in [-0.4, -0.2) is 26.2 Å². The fourth-order valence-corrected chi connectivity index (χ4v) is 2.29. The van der Waals surface area contributed by atoms with E-state index in [2.05, 4.69) is 20.4 Å². The van der Waals surface area contributed by atoms with Gasteiger partial charge in [-0.05, 0) is 32.9 Å². The van der Waals surface area contributed by atoms with Gasteiger partial charge in [0.15, 0.2) is 11.6 Å². The molecule has 2 aromatic heterocycles. The van der Waals surface area contributed by atoms with Crippen molar-refractivity contribution in [2.75, 3.05) is 11.9 Å². The highest BCUT2D eigenvalue weighted by atomic mass is 19.1. The number of benzene rings is 1. The summed E-state index contributed by atoms with van der Waals surface area (Å²) in [5, 5.41) is 7.05. The largest absolute Gasteiger partial charge is 0.355 e. The molecule has 0 aliphatic heterocycles. The second-order valence-corrected chi connectivity index (χ2v) is 5.99. The molecule has 1 aromatic carbocycles. The van der Waals surface area contributed by atoms with Crippen LogP contribution in [0.5, 0.6) is 0 Å². The van der Waals surface area contributed by atoms with Gasteiger partial charge in [0.05, 0.1) is 10.9 Å². The van der Waals surface area contributed by atoms with Gasteiger partial charge in [0, 0.05) is 13.6 Å². The quantitative estimate of drug-likeness (QED) is 0.802. The number of nitrogens with zero attached hydrogens (tertiary/aromatic N) is 4. The van der Waals surface area contributed by atoms with Crippen LogP contribution in [0.3, 0.4) is 0 Å². The first kappa shape index (κ1) is 14.5. The summed E-state index contributed by atoms with van der Waals surface area (Å²) in [6.45, 7) is 6.31. The smallest absolute Gasteiger partial charge is 0.234 e. The van der Waals surface area contributed by atoms with Crippen LogP contribution in [0.25, 0.3) is 11.0 Å². The Bertz CT molecular complexity index is 821. The molecule has 3 aromatic rings. The number of hydrogen-bond acceptors (Lipinski definition) is 5. The first-order valence-corrected chi connectivity index (χ1v) is 7.04. The third-order valence-corrected chi connectivity index (χ3v) is 3.66. The molecule has 0 amide bonds. The van der Waals surface area contributed by atoms with Gasteiger partial charge in [-0.1, -0.05) is 11.2 Å². The minimum absolute atomic E-state index is 0.326. The summed E-state index contributed by atoms with van der Waals surface area (Å²) >= 11 is 0. The Morgan fingerprint density at radius 2 is 2.09 bits per heavy atom. The van der Waals surface area contributed by atoms with Crippen LogP contribution < -0.4 is 5.32 Å². The second-order valence-electron chi connectivity index (χ2n) is 5.99. The molecule has 6 nitrogen and oxygen atoms in total. The van der Waals surface area contributed by atoms with Crippen LogP contribution in [0.15, 0.2) is 22.7 Å². The van der Waals surface area contributed by atoms with Crippen molar-refractivity contribution in [2.24, 2.45) is 7.05 Å². The van der Waals surface area contributed by atoms with Crippen molar-refractivity contribution < 1.29 is 8.91 Å². The van der Waals surface area contributed by atoms with Crippen molar-refractivity contribution in [1.29, 1.82) is 0 Å². The van der Waals surface area contributed by atoms with Crippen LogP contribution in [0, 0.1) is 12.7 Å². The highest BCUT2D eigenvalue weighted by molar-refractivity contribution is 5.79. The normalized spacial score (nSPS) is 12.0. The molecular formula is C15H18FN5O. The Kier molecular flexibility index (Phi) is 3.35. The molecular weight excluding hydrogens is 285 g/mol. The average molecular weight is 303 g/mol. The Labute approximate surface area is 127 Å². The van der Waals surface area contributed by atoms with Gasteiger partial charge in [-0.25, -0.2) is 9.37 Å². The summed E-state index contributed by atoms with van der Waals surface area (Å²) in [7, 11) is 1.85. The van der Waals surface area contributed by atoms with Gasteiger partial charge < -0.3 is 14.4 Å². The summed E-state index contributed by atoms with van der Waals surface area (Å²) in [6.07, 6.45) is 0. The van der Waals surface area contributed by atoms with Gasteiger partial charge in [0.2, 0.25) is 11.8 Å². The number of aromatic nitrogens is 4. The summed E-state index contributed by atoms with van der Waals surface area (Å²) in [5.41, 5.74) is 0.741. The van der Waals surface area contributed by atoms with E-state index < -0.39 is 0 Å². The van der Waals surface area contributed by atoms with Crippen LogP contribution >= 0.6 is 0 Å². The Morgan fingerprint density at radius 3 is 2.73 bits per heavy atom. The predicted octanol–water partition coefficient (Wildman–Crippen LogP) is 2.79. The number of rotatable bonds is 4. The van der Waals surface area contributed by atoms with Crippen molar-refractivity contribution in [1.82, 2.24) is 19.7 Å². The zero-order valence-electron chi connectivity index (χ0n) is 13.0. The maximum Gasteiger partial charge on any atom is 0.234 e.